The van der Waals surface area contributed by atoms with Crippen LogP contribution < -0.4 is 4.90 Å². The fraction of sp³-hybridized carbons (Fsp3) is 0.774. The molecule has 0 N–H and O–H groups in total. The second-order valence-electron chi connectivity index (χ2n) is 13.4. The topological polar surface area (TPSA) is 172 Å². The minimum atomic E-state index is -4.09. The zero-order valence-corrected chi connectivity index (χ0v) is 30.9. The van der Waals surface area contributed by atoms with Gasteiger partial charge in [0.1, 0.15) is 23.9 Å². The maximum atomic E-state index is 13.7. The monoisotopic (exact) mass is 731 g/mol. The van der Waals surface area contributed by atoms with Crippen LogP contribution in [0, 0.1) is 0 Å². The summed E-state index contributed by atoms with van der Waals surface area (Å²) in [6, 6.07) is -0.148. The van der Waals surface area contributed by atoms with Crippen LogP contribution in [-0.4, -0.2) is 99.8 Å². The molecule has 5 atom stereocenters. The fourth-order valence-electron chi connectivity index (χ4n) is 6.35. The van der Waals surface area contributed by atoms with Crippen molar-refractivity contribution < 1.29 is 51.6 Å². The second kappa shape index (κ2) is 15.0. The van der Waals surface area contributed by atoms with Gasteiger partial charge in [-0.05, 0) is 79.8 Å². The van der Waals surface area contributed by atoms with Crippen molar-refractivity contribution in [2.75, 3.05) is 31.3 Å². The largest absolute Gasteiger partial charge is 0.464 e. The van der Waals surface area contributed by atoms with Crippen LogP contribution in [0.15, 0.2) is 6.20 Å². The molecular formula is C31H47ClN5O11P. The third-order valence-corrected chi connectivity index (χ3v) is 10.4. The fourth-order valence-corrected chi connectivity index (χ4v) is 8.17. The molecule has 0 radical (unpaired) electrons. The molecule has 2 aromatic heterocycles. The van der Waals surface area contributed by atoms with E-state index in [9.17, 15) is 14.2 Å². The lowest BCUT2D eigenvalue weighted by Gasteiger charge is -2.31. The predicted molar refractivity (Wildman–Crippen MR) is 176 cm³/mol. The van der Waals surface area contributed by atoms with Crippen molar-refractivity contribution in [2.24, 2.45) is 0 Å². The number of hydrogen-bond acceptors (Lipinski definition) is 14. The summed E-state index contributed by atoms with van der Waals surface area (Å²) in [6.45, 7) is 13.6. The van der Waals surface area contributed by atoms with Gasteiger partial charge in [-0.25, -0.2) is 14.3 Å². The van der Waals surface area contributed by atoms with Gasteiger partial charge in [-0.3, -0.25) is 9.46 Å². The quantitative estimate of drug-likeness (QED) is 0.138. The Morgan fingerprint density at radius 1 is 1.08 bits per heavy atom. The maximum Gasteiger partial charge on any atom is 0.416 e. The van der Waals surface area contributed by atoms with Crippen molar-refractivity contribution in [3.05, 3.63) is 11.5 Å². The van der Waals surface area contributed by atoms with Crippen LogP contribution in [0.2, 0.25) is 5.28 Å². The number of carbonyl (C=O) groups excluding carboxylic acids is 2. The molecule has 2 unspecified atom stereocenters. The highest BCUT2D eigenvalue weighted by Gasteiger charge is 2.57. The minimum absolute atomic E-state index is 0.0132. The molecule has 3 aliphatic rings. The van der Waals surface area contributed by atoms with Gasteiger partial charge in [-0.1, -0.05) is 12.8 Å². The Hall–Kier alpha value is -2.43. The third kappa shape index (κ3) is 8.22. The molecule has 2 aromatic rings. The van der Waals surface area contributed by atoms with E-state index in [1.54, 1.807) is 66.5 Å². The van der Waals surface area contributed by atoms with E-state index in [1.165, 1.54) is 4.68 Å². The first kappa shape index (κ1) is 37.8. The molecule has 0 aromatic carbocycles. The number of hydrogen-bond donors (Lipinski definition) is 0. The summed E-state index contributed by atoms with van der Waals surface area (Å²) in [5.74, 6) is -3.30. The van der Waals surface area contributed by atoms with Crippen LogP contribution in [0.3, 0.4) is 0 Å². The van der Waals surface area contributed by atoms with E-state index >= 15 is 0 Å². The Bertz CT molecular complexity index is 1540. The van der Waals surface area contributed by atoms with E-state index in [1.807, 2.05) is 0 Å². The number of nitrogens with zero attached hydrogens (tertiary/aromatic N) is 5. The molecule has 2 aliphatic heterocycles. The van der Waals surface area contributed by atoms with Gasteiger partial charge in [0, 0.05) is 6.04 Å². The lowest BCUT2D eigenvalue weighted by Crippen LogP contribution is -2.43. The molecule has 16 nitrogen and oxygen atoms in total. The second-order valence-corrected chi connectivity index (χ2v) is 15.8. The van der Waals surface area contributed by atoms with Gasteiger partial charge in [0.15, 0.2) is 23.5 Å². The molecular weight excluding hydrogens is 685 g/mol. The van der Waals surface area contributed by atoms with Crippen LogP contribution in [0.4, 0.5) is 10.6 Å². The summed E-state index contributed by atoms with van der Waals surface area (Å²) < 4.78 is 61.9. The molecule has 0 bridgehead atoms. The Morgan fingerprint density at radius 2 is 1.73 bits per heavy atom. The summed E-state index contributed by atoms with van der Waals surface area (Å²) in [5.41, 5.74) is -0.447. The molecule has 1 amide bonds. The van der Waals surface area contributed by atoms with Gasteiger partial charge < -0.3 is 37.5 Å². The number of ether oxygens (including phenoxy) is 6. The Morgan fingerprint density at radius 3 is 2.35 bits per heavy atom. The van der Waals surface area contributed by atoms with Crippen molar-refractivity contribution in [1.29, 1.82) is 0 Å². The van der Waals surface area contributed by atoms with Gasteiger partial charge in [-0.15, -0.1) is 0 Å². The maximum absolute atomic E-state index is 13.7. The molecule has 49 heavy (non-hydrogen) atoms. The number of esters is 1. The number of halogens is 1. The SMILES string of the molecule is CCOC(=O)C(OC[C@H]1OC(n2ncc3c(N(C(=O)OC(C)(C)C)C4CCCC4)nc(Cl)nc32)[C@@H]2OC(C)(C)O[C@H]12)P(=O)(OCC)OCC. The van der Waals surface area contributed by atoms with E-state index in [0.29, 0.717) is 11.0 Å². The summed E-state index contributed by atoms with van der Waals surface area (Å²) in [6.07, 6.45) is 1.32. The minimum Gasteiger partial charge on any atom is -0.464 e. The normalized spacial score (nSPS) is 24.7. The zero-order chi connectivity index (χ0) is 35.7. The standard InChI is InChI=1S/C31H47ClN5O11P/c1-9-41-26(38)27(49(40,43-10-2)44-11-3)42-17-20-21-22(47-31(7,8)46-21)25(45-20)37-24-19(16-33-37)23(34-28(32)35-24)36(18-14-12-13-15-18)29(39)48-30(4,5)6/h16,18,20-22,25,27H,9-15,17H2,1-8H3/t20-,21-,22-,25?,27?/m1/s1. The third-order valence-electron chi connectivity index (χ3n) is 8.09. The van der Waals surface area contributed by atoms with Gasteiger partial charge in [0.2, 0.25) is 5.28 Å². The van der Waals surface area contributed by atoms with Crippen molar-refractivity contribution >= 4 is 48.1 Å². The molecule has 4 heterocycles. The van der Waals surface area contributed by atoms with Crippen LogP contribution in [0.5, 0.6) is 0 Å². The van der Waals surface area contributed by atoms with Crippen molar-refractivity contribution in [3.63, 3.8) is 0 Å². The highest BCUT2D eigenvalue weighted by atomic mass is 35.5. The summed E-state index contributed by atoms with van der Waals surface area (Å²) >= 11 is 6.51. The first-order valence-corrected chi connectivity index (χ1v) is 18.7. The van der Waals surface area contributed by atoms with Gasteiger partial charge >= 0.3 is 19.7 Å². The lowest BCUT2D eigenvalue weighted by molar-refractivity contribution is -0.204. The summed E-state index contributed by atoms with van der Waals surface area (Å²) in [4.78, 5) is 37.1. The lowest BCUT2D eigenvalue weighted by atomic mass is 10.1. The molecule has 18 heteroatoms. The smallest absolute Gasteiger partial charge is 0.416 e. The first-order valence-electron chi connectivity index (χ1n) is 16.7. The van der Waals surface area contributed by atoms with Crippen LogP contribution in [0.25, 0.3) is 11.0 Å². The molecule has 0 spiro atoms. The number of carbonyl (C=O) groups is 2. The number of rotatable bonds is 13. The molecule has 3 fully saturated rings. The first-order chi connectivity index (χ1) is 23.1. The van der Waals surface area contributed by atoms with Gasteiger partial charge in [0.25, 0.3) is 5.85 Å². The van der Waals surface area contributed by atoms with E-state index in [4.69, 9.17) is 49.1 Å². The van der Waals surface area contributed by atoms with Crippen LogP contribution in [-0.2, 0) is 46.8 Å². The van der Waals surface area contributed by atoms with Crippen molar-refractivity contribution in [2.45, 2.75) is 129 Å². The Labute approximate surface area is 290 Å². The van der Waals surface area contributed by atoms with Gasteiger partial charge in [-0.2, -0.15) is 15.1 Å². The average Bonchev–Trinajstić information content (AvgIpc) is 3.78. The summed E-state index contributed by atoms with van der Waals surface area (Å²) in [7, 11) is -4.09. The van der Waals surface area contributed by atoms with E-state index < -0.39 is 61.4 Å². The number of aromatic nitrogens is 4. The highest BCUT2D eigenvalue weighted by molar-refractivity contribution is 7.55. The summed E-state index contributed by atoms with van der Waals surface area (Å²) in [5, 5.41) is 4.97. The van der Waals surface area contributed by atoms with Crippen molar-refractivity contribution in [3.8, 4) is 0 Å². The number of anilines is 1. The predicted octanol–water partition coefficient (Wildman–Crippen LogP) is 5.75. The molecule has 274 valence electrons. The highest BCUT2D eigenvalue weighted by Crippen LogP contribution is 2.54. The molecule has 1 saturated carbocycles. The van der Waals surface area contributed by atoms with E-state index in [0.717, 1.165) is 25.7 Å². The molecule has 5 rings (SSSR count). The zero-order valence-electron chi connectivity index (χ0n) is 29.3. The number of amides is 1. The Balaban J connectivity index is 1.49. The van der Waals surface area contributed by atoms with E-state index in [2.05, 4.69) is 15.1 Å². The van der Waals surface area contributed by atoms with Crippen LogP contribution >= 0.6 is 19.2 Å². The molecule has 1 aliphatic carbocycles. The molecule has 2 saturated heterocycles. The average molecular weight is 732 g/mol. The van der Waals surface area contributed by atoms with E-state index in [-0.39, 0.29) is 43.6 Å². The van der Waals surface area contributed by atoms with Gasteiger partial charge in [0.05, 0.1) is 38.0 Å². The Kier molecular flexibility index (Phi) is 11.6. The van der Waals surface area contributed by atoms with Crippen molar-refractivity contribution in [1.82, 2.24) is 19.7 Å². The van der Waals surface area contributed by atoms with Crippen LogP contribution in [0.1, 0.15) is 87.3 Å². The number of fused-ring (bicyclic) bond motifs is 2.